The summed E-state index contributed by atoms with van der Waals surface area (Å²) in [5.41, 5.74) is 1.73. The Balaban J connectivity index is 1.69. The Kier molecular flexibility index (Phi) is 3.92. The number of hydrogen-bond acceptors (Lipinski definition) is 4. The lowest BCUT2D eigenvalue weighted by atomic mass is 10.1. The third-order valence-electron chi connectivity index (χ3n) is 3.86. The van der Waals surface area contributed by atoms with Crippen LogP contribution in [0.25, 0.3) is 0 Å². The van der Waals surface area contributed by atoms with Gasteiger partial charge in [-0.1, -0.05) is 6.07 Å². The van der Waals surface area contributed by atoms with Crippen LogP contribution in [0.15, 0.2) is 42.9 Å². The summed E-state index contributed by atoms with van der Waals surface area (Å²) in [6, 6.07) is 7.81. The number of nitrogens with zero attached hydrogens (tertiary/aromatic N) is 3. The average molecular weight is 282 g/mol. The molecule has 1 atom stereocenters. The van der Waals surface area contributed by atoms with Crippen molar-refractivity contribution >= 4 is 11.7 Å². The molecule has 3 rings (SSSR count). The van der Waals surface area contributed by atoms with E-state index in [4.69, 9.17) is 0 Å². The number of anilines is 1. The molecule has 1 N–H and O–H groups in total. The molecule has 0 aliphatic carbocycles. The average Bonchev–Trinajstić information content (AvgIpc) is 2.95. The van der Waals surface area contributed by atoms with Gasteiger partial charge in [0.15, 0.2) is 0 Å². The largest absolute Gasteiger partial charge is 0.307 e. The Morgan fingerprint density at radius 2 is 2.24 bits per heavy atom. The van der Waals surface area contributed by atoms with Crippen molar-refractivity contribution in [3.8, 4) is 0 Å². The highest BCUT2D eigenvalue weighted by molar-refractivity contribution is 6.03. The van der Waals surface area contributed by atoms with E-state index in [1.165, 1.54) is 24.6 Å². The molecule has 21 heavy (non-hydrogen) atoms. The van der Waals surface area contributed by atoms with Gasteiger partial charge >= 0.3 is 0 Å². The second kappa shape index (κ2) is 6.01. The first kappa shape index (κ1) is 13.7. The molecule has 1 aliphatic heterocycles. The number of hydrogen-bond donors (Lipinski definition) is 1. The van der Waals surface area contributed by atoms with Gasteiger partial charge in [0.1, 0.15) is 5.82 Å². The van der Waals surface area contributed by atoms with Gasteiger partial charge in [-0.3, -0.25) is 14.7 Å². The van der Waals surface area contributed by atoms with Crippen LogP contribution in [0.4, 0.5) is 5.82 Å². The maximum absolute atomic E-state index is 12.0. The van der Waals surface area contributed by atoms with Crippen molar-refractivity contribution in [1.82, 2.24) is 14.9 Å². The van der Waals surface area contributed by atoms with E-state index in [9.17, 15) is 4.79 Å². The van der Waals surface area contributed by atoms with Crippen molar-refractivity contribution in [3.63, 3.8) is 0 Å². The Hall–Kier alpha value is -2.27. The molecule has 2 aromatic rings. The van der Waals surface area contributed by atoms with Gasteiger partial charge in [0.2, 0.25) is 0 Å². The van der Waals surface area contributed by atoms with Crippen molar-refractivity contribution in [2.24, 2.45) is 0 Å². The quantitative estimate of drug-likeness (QED) is 0.939. The van der Waals surface area contributed by atoms with Gasteiger partial charge in [-0.05, 0) is 50.2 Å². The summed E-state index contributed by atoms with van der Waals surface area (Å²) < 4.78 is 0. The number of amides is 1. The van der Waals surface area contributed by atoms with Crippen molar-refractivity contribution in [2.45, 2.75) is 18.9 Å². The summed E-state index contributed by atoms with van der Waals surface area (Å²) in [5, 5.41) is 2.78. The molecule has 0 aromatic carbocycles. The molecule has 5 nitrogen and oxygen atoms in total. The summed E-state index contributed by atoms with van der Waals surface area (Å²) >= 11 is 0. The van der Waals surface area contributed by atoms with Crippen molar-refractivity contribution in [2.75, 3.05) is 18.9 Å². The Labute approximate surface area is 124 Å². The van der Waals surface area contributed by atoms with Crippen LogP contribution >= 0.6 is 0 Å². The summed E-state index contributed by atoms with van der Waals surface area (Å²) in [4.78, 5) is 22.6. The minimum atomic E-state index is -0.193. The minimum Gasteiger partial charge on any atom is -0.307 e. The predicted molar refractivity (Wildman–Crippen MR) is 81.0 cm³/mol. The normalized spacial score (nSPS) is 18.6. The van der Waals surface area contributed by atoms with Crippen LogP contribution < -0.4 is 5.32 Å². The van der Waals surface area contributed by atoms with Crippen molar-refractivity contribution < 1.29 is 4.79 Å². The predicted octanol–water partition coefficient (Wildman–Crippen LogP) is 2.50. The monoisotopic (exact) mass is 282 g/mol. The van der Waals surface area contributed by atoms with Gasteiger partial charge in [0.05, 0.1) is 5.56 Å². The number of carbonyl (C=O) groups is 1. The molecule has 0 spiro atoms. The maximum Gasteiger partial charge on any atom is 0.258 e. The summed E-state index contributed by atoms with van der Waals surface area (Å²) in [6.45, 7) is 1.13. The summed E-state index contributed by atoms with van der Waals surface area (Å²) in [7, 11) is 2.13. The molecule has 1 aliphatic rings. The Bertz CT molecular complexity index is 612. The number of nitrogens with one attached hydrogen (secondary N) is 1. The molecule has 1 saturated heterocycles. The van der Waals surface area contributed by atoms with E-state index in [1.807, 2.05) is 18.3 Å². The van der Waals surface area contributed by atoms with E-state index in [2.05, 4.69) is 27.2 Å². The fraction of sp³-hybridized carbons (Fsp3) is 0.312. The fourth-order valence-electron chi connectivity index (χ4n) is 2.69. The zero-order valence-electron chi connectivity index (χ0n) is 12.0. The first-order valence-corrected chi connectivity index (χ1v) is 7.11. The fourth-order valence-corrected chi connectivity index (χ4v) is 2.69. The molecule has 1 unspecified atom stereocenters. The van der Waals surface area contributed by atoms with Gasteiger partial charge in [0, 0.05) is 24.6 Å². The Morgan fingerprint density at radius 3 is 2.86 bits per heavy atom. The van der Waals surface area contributed by atoms with Gasteiger partial charge < -0.3 is 5.32 Å². The summed E-state index contributed by atoms with van der Waals surface area (Å²) in [6.07, 6.45) is 7.42. The molecular formula is C16H18N4O. The van der Waals surface area contributed by atoms with Gasteiger partial charge in [-0.25, -0.2) is 4.98 Å². The van der Waals surface area contributed by atoms with E-state index < -0.39 is 0 Å². The SMILES string of the molecule is CN1CCCC1c1ccc(NC(=O)c2cccnc2)nc1. The van der Waals surface area contributed by atoms with E-state index >= 15 is 0 Å². The van der Waals surface area contributed by atoms with E-state index in [1.54, 1.807) is 18.3 Å². The lowest BCUT2D eigenvalue weighted by Crippen LogP contribution is -2.18. The molecule has 1 amide bonds. The first-order chi connectivity index (χ1) is 10.2. The van der Waals surface area contributed by atoms with Crippen LogP contribution in [-0.4, -0.2) is 34.4 Å². The molecule has 0 saturated carbocycles. The second-order valence-electron chi connectivity index (χ2n) is 5.31. The van der Waals surface area contributed by atoms with Crippen molar-refractivity contribution in [3.05, 3.63) is 54.0 Å². The van der Waals surface area contributed by atoms with E-state index in [0.29, 0.717) is 17.4 Å². The Morgan fingerprint density at radius 1 is 1.33 bits per heavy atom. The zero-order valence-corrected chi connectivity index (χ0v) is 12.0. The van der Waals surface area contributed by atoms with Gasteiger partial charge in [0.25, 0.3) is 5.91 Å². The van der Waals surface area contributed by atoms with Gasteiger partial charge in [-0.2, -0.15) is 0 Å². The highest BCUT2D eigenvalue weighted by atomic mass is 16.1. The summed E-state index contributed by atoms with van der Waals surface area (Å²) in [5.74, 6) is 0.370. The second-order valence-corrected chi connectivity index (χ2v) is 5.31. The molecule has 1 fully saturated rings. The van der Waals surface area contributed by atoms with E-state index in [-0.39, 0.29) is 5.91 Å². The molecular weight excluding hydrogens is 264 g/mol. The number of pyridine rings is 2. The van der Waals surface area contributed by atoms with E-state index in [0.717, 1.165) is 6.54 Å². The minimum absolute atomic E-state index is 0.193. The first-order valence-electron chi connectivity index (χ1n) is 7.11. The van der Waals surface area contributed by atoms with Crippen LogP contribution in [0.3, 0.4) is 0 Å². The smallest absolute Gasteiger partial charge is 0.258 e. The standard InChI is InChI=1S/C16H18N4O/c1-20-9-3-5-14(20)12-6-7-15(18-11-12)19-16(21)13-4-2-8-17-10-13/h2,4,6-8,10-11,14H,3,5,9H2,1H3,(H,18,19,21). The number of likely N-dealkylation sites (tertiary alicyclic amines) is 1. The van der Waals surface area contributed by atoms with Crippen molar-refractivity contribution in [1.29, 1.82) is 0 Å². The third kappa shape index (κ3) is 3.08. The van der Waals surface area contributed by atoms with Crippen LogP contribution in [0.5, 0.6) is 0 Å². The van der Waals surface area contributed by atoms with Crippen LogP contribution in [0.2, 0.25) is 0 Å². The highest BCUT2D eigenvalue weighted by Crippen LogP contribution is 2.30. The molecule has 0 radical (unpaired) electrons. The molecule has 5 heteroatoms. The topological polar surface area (TPSA) is 58.1 Å². The van der Waals surface area contributed by atoms with Crippen LogP contribution in [0, 0.1) is 0 Å². The number of carbonyl (C=O) groups excluding carboxylic acids is 1. The number of rotatable bonds is 3. The highest BCUT2D eigenvalue weighted by Gasteiger charge is 2.22. The molecule has 108 valence electrons. The van der Waals surface area contributed by atoms with Crippen LogP contribution in [0.1, 0.15) is 34.8 Å². The van der Waals surface area contributed by atoms with Gasteiger partial charge in [-0.15, -0.1) is 0 Å². The lowest BCUT2D eigenvalue weighted by molar-refractivity contribution is 0.102. The zero-order chi connectivity index (χ0) is 14.7. The van der Waals surface area contributed by atoms with Crippen LogP contribution in [-0.2, 0) is 0 Å². The maximum atomic E-state index is 12.0. The number of aromatic nitrogens is 2. The molecule has 3 heterocycles. The molecule has 0 bridgehead atoms. The molecule has 2 aromatic heterocycles. The third-order valence-corrected chi connectivity index (χ3v) is 3.86. The lowest BCUT2D eigenvalue weighted by Gasteiger charge is -2.19.